The quantitative estimate of drug-likeness (QED) is 0.593. The molecule has 1 heterocycles. The Kier molecular flexibility index (Phi) is 5.07. The third-order valence-electron chi connectivity index (χ3n) is 2.94. The summed E-state index contributed by atoms with van der Waals surface area (Å²) < 4.78 is 5.55. The second kappa shape index (κ2) is 7.21. The van der Waals surface area contributed by atoms with Crippen molar-refractivity contribution in [2.24, 2.45) is 0 Å². The van der Waals surface area contributed by atoms with Gasteiger partial charge in [-0.15, -0.1) is 0 Å². The summed E-state index contributed by atoms with van der Waals surface area (Å²) in [5, 5.41) is 13.6. The van der Waals surface area contributed by atoms with Crippen molar-refractivity contribution in [3.05, 3.63) is 46.1 Å². The summed E-state index contributed by atoms with van der Waals surface area (Å²) >= 11 is 0. The number of nitrogens with zero attached hydrogens (tertiary/aromatic N) is 3. The molecule has 0 amide bonds. The van der Waals surface area contributed by atoms with Crippen LogP contribution in [0, 0.1) is 10.1 Å². The molecular weight excluding hydrogens is 286 g/mol. The molecule has 8 heteroatoms. The number of aromatic nitrogens is 2. The lowest BCUT2D eigenvalue weighted by Crippen LogP contribution is -2.10. The highest BCUT2D eigenvalue weighted by Crippen LogP contribution is 2.20. The molecule has 0 aliphatic rings. The number of benzene rings is 1. The van der Waals surface area contributed by atoms with E-state index in [1.54, 1.807) is 0 Å². The van der Waals surface area contributed by atoms with E-state index in [2.05, 4.69) is 15.3 Å². The predicted molar refractivity (Wildman–Crippen MR) is 82.9 cm³/mol. The third kappa shape index (κ3) is 3.81. The van der Waals surface area contributed by atoms with Gasteiger partial charge in [-0.2, -0.15) is 4.98 Å². The molecule has 0 saturated carbocycles. The van der Waals surface area contributed by atoms with Gasteiger partial charge in [-0.25, -0.2) is 4.98 Å². The Morgan fingerprint density at radius 1 is 1.41 bits per heavy atom. The van der Waals surface area contributed by atoms with Gasteiger partial charge in [0.25, 0.3) is 0 Å². The first kappa shape index (κ1) is 15.5. The second-order valence-electron chi connectivity index (χ2n) is 4.44. The van der Waals surface area contributed by atoms with Crippen LogP contribution in [0.4, 0.5) is 17.5 Å². The van der Waals surface area contributed by atoms with Crippen molar-refractivity contribution in [1.29, 1.82) is 0 Å². The van der Waals surface area contributed by atoms with Gasteiger partial charge in [0.15, 0.2) is 0 Å². The van der Waals surface area contributed by atoms with Gasteiger partial charge in [-0.05, 0) is 25.0 Å². The van der Waals surface area contributed by atoms with Crippen molar-refractivity contribution >= 4 is 17.5 Å². The number of ether oxygens (including phenoxy) is 1. The fourth-order valence-corrected chi connectivity index (χ4v) is 1.93. The summed E-state index contributed by atoms with van der Waals surface area (Å²) in [6, 6.07) is 7.76. The van der Waals surface area contributed by atoms with E-state index in [4.69, 9.17) is 10.5 Å². The molecule has 0 atom stereocenters. The van der Waals surface area contributed by atoms with Crippen LogP contribution in [-0.4, -0.2) is 28.0 Å². The van der Waals surface area contributed by atoms with Crippen LogP contribution in [0.2, 0.25) is 0 Å². The van der Waals surface area contributed by atoms with Crippen LogP contribution in [0.15, 0.2) is 30.5 Å². The summed E-state index contributed by atoms with van der Waals surface area (Å²) in [7, 11) is 0. The van der Waals surface area contributed by atoms with Crippen molar-refractivity contribution in [2.45, 2.75) is 13.3 Å². The molecule has 0 fully saturated rings. The molecule has 0 aliphatic heterocycles. The number of nitrogen functional groups attached to an aromatic ring is 1. The van der Waals surface area contributed by atoms with Crippen LogP contribution in [0.25, 0.3) is 0 Å². The highest BCUT2D eigenvalue weighted by atomic mass is 16.6. The topological polar surface area (TPSA) is 116 Å². The van der Waals surface area contributed by atoms with Crippen molar-refractivity contribution < 1.29 is 9.66 Å². The molecule has 1 aromatic heterocycles. The summed E-state index contributed by atoms with van der Waals surface area (Å²) in [6.45, 7) is 3.09. The first-order valence-corrected chi connectivity index (χ1v) is 6.83. The molecule has 0 spiro atoms. The largest absolute Gasteiger partial charge is 0.494 e. The summed E-state index contributed by atoms with van der Waals surface area (Å²) in [4.78, 5) is 17.8. The average molecular weight is 303 g/mol. The molecule has 0 radical (unpaired) electrons. The third-order valence-corrected chi connectivity index (χ3v) is 2.94. The summed E-state index contributed by atoms with van der Waals surface area (Å²) in [5.41, 5.74) is 6.28. The first-order valence-electron chi connectivity index (χ1n) is 6.83. The lowest BCUT2D eigenvalue weighted by molar-refractivity contribution is -0.384. The van der Waals surface area contributed by atoms with E-state index in [-0.39, 0.29) is 17.5 Å². The number of hydrogen-bond donors (Lipinski definition) is 2. The van der Waals surface area contributed by atoms with Crippen molar-refractivity contribution in [3.8, 4) is 5.75 Å². The average Bonchev–Trinajstić information content (AvgIpc) is 2.49. The zero-order chi connectivity index (χ0) is 15.9. The van der Waals surface area contributed by atoms with Gasteiger partial charge in [0.05, 0.1) is 11.5 Å². The molecule has 116 valence electrons. The minimum Gasteiger partial charge on any atom is -0.494 e. The zero-order valence-corrected chi connectivity index (χ0v) is 12.2. The molecule has 0 saturated heterocycles. The Labute approximate surface area is 127 Å². The Morgan fingerprint density at radius 3 is 2.86 bits per heavy atom. The van der Waals surface area contributed by atoms with E-state index in [9.17, 15) is 10.1 Å². The van der Waals surface area contributed by atoms with E-state index >= 15 is 0 Å². The lowest BCUT2D eigenvalue weighted by atomic mass is 10.1. The highest BCUT2D eigenvalue weighted by molar-refractivity contribution is 5.53. The van der Waals surface area contributed by atoms with Gasteiger partial charge >= 0.3 is 5.69 Å². The Bertz CT molecular complexity index is 663. The van der Waals surface area contributed by atoms with Crippen molar-refractivity contribution in [1.82, 2.24) is 9.97 Å². The van der Waals surface area contributed by atoms with Crippen LogP contribution in [0.3, 0.4) is 0 Å². The van der Waals surface area contributed by atoms with Gasteiger partial charge in [0.1, 0.15) is 11.9 Å². The fourth-order valence-electron chi connectivity index (χ4n) is 1.93. The number of anilines is 2. The maximum absolute atomic E-state index is 10.6. The maximum Gasteiger partial charge on any atom is 0.329 e. The van der Waals surface area contributed by atoms with E-state index in [1.807, 2.05) is 31.2 Å². The molecule has 0 unspecified atom stereocenters. The van der Waals surface area contributed by atoms with E-state index in [1.165, 1.54) is 0 Å². The monoisotopic (exact) mass is 303 g/mol. The minimum atomic E-state index is -0.614. The van der Waals surface area contributed by atoms with Crippen molar-refractivity contribution in [2.75, 3.05) is 24.2 Å². The Balaban J connectivity index is 1.97. The number of hydrogen-bond acceptors (Lipinski definition) is 7. The van der Waals surface area contributed by atoms with Gasteiger partial charge < -0.3 is 15.8 Å². The molecule has 2 aromatic rings. The first-order chi connectivity index (χ1) is 10.6. The number of rotatable bonds is 7. The molecular formula is C14H17N5O3. The highest BCUT2D eigenvalue weighted by Gasteiger charge is 2.14. The van der Waals surface area contributed by atoms with E-state index < -0.39 is 4.92 Å². The van der Waals surface area contributed by atoms with Crippen LogP contribution in [0.5, 0.6) is 5.75 Å². The van der Waals surface area contributed by atoms with Crippen LogP contribution in [0.1, 0.15) is 12.5 Å². The lowest BCUT2D eigenvalue weighted by Gasteiger charge is -2.10. The van der Waals surface area contributed by atoms with E-state index in [0.717, 1.165) is 17.5 Å². The molecule has 2 rings (SSSR count). The zero-order valence-electron chi connectivity index (χ0n) is 12.2. The summed E-state index contributed by atoms with van der Waals surface area (Å²) in [6.07, 6.45) is 1.80. The molecule has 22 heavy (non-hydrogen) atoms. The molecule has 8 nitrogen and oxygen atoms in total. The van der Waals surface area contributed by atoms with Gasteiger partial charge in [0, 0.05) is 6.54 Å². The summed E-state index contributed by atoms with van der Waals surface area (Å²) in [5.74, 6) is 0.949. The SMILES string of the molecule is CCOc1ccccc1CCNc1ncc([N+](=O)[O-])c(N)n1. The second-order valence-corrected chi connectivity index (χ2v) is 4.44. The van der Waals surface area contributed by atoms with E-state index in [0.29, 0.717) is 19.6 Å². The number of nitrogens with two attached hydrogens (primary N) is 1. The minimum absolute atomic E-state index is 0.155. The molecule has 3 N–H and O–H groups in total. The van der Waals surface area contributed by atoms with Crippen molar-refractivity contribution in [3.63, 3.8) is 0 Å². The molecule has 0 aliphatic carbocycles. The molecule has 1 aromatic carbocycles. The van der Waals surface area contributed by atoms with Crippen LogP contribution in [-0.2, 0) is 6.42 Å². The standard InChI is InChI=1S/C14H17N5O3/c1-2-22-12-6-4-3-5-10(12)7-8-16-14-17-9-11(19(20)21)13(15)18-14/h3-6,9H,2,7-8H2,1H3,(H3,15,16,17,18). The number of para-hydroxylation sites is 1. The van der Waals surface area contributed by atoms with Gasteiger partial charge in [-0.1, -0.05) is 18.2 Å². The van der Waals surface area contributed by atoms with Crippen LogP contribution >= 0.6 is 0 Å². The number of nitro groups is 1. The molecule has 0 bridgehead atoms. The maximum atomic E-state index is 10.6. The fraction of sp³-hybridized carbons (Fsp3) is 0.286. The van der Waals surface area contributed by atoms with Crippen LogP contribution < -0.4 is 15.8 Å². The van der Waals surface area contributed by atoms with Gasteiger partial charge in [-0.3, -0.25) is 10.1 Å². The number of nitrogens with one attached hydrogen (secondary N) is 1. The normalized spacial score (nSPS) is 10.2. The Hall–Kier alpha value is -2.90. The predicted octanol–water partition coefficient (Wildman–Crippen LogP) is 2.02. The Morgan fingerprint density at radius 2 is 2.18 bits per heavy atom. The van der Waals surface area contributed by atoms with Gasteiger partial charge in [0.2, 0.25) is 11.8 Å². The smallest absolute Gasteiger partial charge is 0.329 e.